The number of nitrogens with one attached hydrogen (secondary N) is 1. The van der Waals surface area contributed by atoms with Gasteiger partial charge in [-0.3, -0.25) is 4.68 Å². The summed E-state index contributed by atoms with van der Waals surface area (Å²) in [7, 11) is 3.22. The summed E-state index contributed by atoms with van der Waals surface area (Å²) in [4.78, 5) is 15.5. The van der Waals surface area contributed by atoms with E-state index in [0.717, 1.165) is 5.69 Å². The van der Waals surface area contributed by atoms with Crippen molar-refractivity contribution in [1.82, 2.24) is 14.8 Å². The Bertz CT molecular complexity index is 551. The number of methoxy groups -OCH3 is 1. The molecule has 0 fully saturated rings. The van der Waals surface area contributed by atoms with Crippen molar-refractivity contribution in [2.24, 2.45) is 7.05 Å². The van der Waals surface area contributed by atoms with Gasteiger partial charge in [0.1, 0.15) is 5.82 Å². The Morgan fingerprint density at radius 3 is 2.94 bits per heavy atom. The molecule has 0 radical (unpaired) electrons. The van der Waals surface area contributed by atoms with E-state index in [0.29, 0.717) is 17.9 Å². The maximum absolute atomic E-state index is 11.4. The van der Waals surface area contributed by atoms with Gasteiger partial charge in [0.25, 0.3) is 0 Å². The number of hydrogen-bond donors (Lipinski definition) is 1. The molecule has 0 saturated carbocycles. The molecule has 2 aromatic heterocycles. The molecule has 2 heterocycles. The fraction of sp³-hybridized carbons (Fsp3) is 0.250. The number of hydrogen-bond acceptors (Lipinski definition) is 5. The number of esters is 1. The third kappa shape index (κ3) is 2.65. The fourth-order valence-electron chi connectivity index (χ4n) is 1.53. The molecule has 0 aliphatic heterocycles. The van der Waals surface area contributed by atoms with Gasteiger partial charge in [0, 0.05) is 19.4 Å². The van der Waals surface area contributed by atoms with Crippen molar-refractivity contribution in [2.45, 2.75) is 6.54 Å². The summed E-state index contributed by atoms with van der Waals surface area (Å²) in [6, 6.07) is 5.18. The number of ether oxygens (including phenoxy) is 1. The summed E-state index contributed by atoms with van der Waals surface area (Å²) in [5.74, 6) is 0.250. The predicted molar refractivity (Wildman–Crippen MR) is 66.1 cm³/mol. The first-order valence-corrected chi connectivity index (χ1v) is 5.46. The number of carbonyl (C=O) groups excluding carboxylic acids is 1. The molecule has 0 aliphatic carbocycles. The summed E-state index contributed by atoms with van der Waals surface area (Å²) in [6.45, 7) is 0.591. The first-order chi connectivity index (χ1) is 8.70. The molecule has 2 rings (SSSR count). The minimum Gasteiger partial charge on any atom is -0.465 e. The first kappa shape index (κ1) is 12.1. The average Bonchev–Trinajstić information content (AvgIpc) is 2.81. The van der Waals surface area contributed by atoms with Crippen molar-refractivity contribution in [3.05, 3.63) is 41.9 Å². The van der Waals surface area contributed by atoms with Crippen LogP contribution in [-0.4, -0.2) is 27.8 Å². The van der Waals surface area contributed by atoms with E-state index in [2.05, 4.69) is 20.1 Å². The van der Waals surface area contributed by atoms with E-state index in [9.17, 15) is 4.79 Å². The van der Waals surface area contributed by atoms with Crippen LogP contribution in [0.4, 0.5) is 5.82 Å². The van der Waals surface area contributed by atoms with Gasteiger partial charge in [0.2, 0.25) is 0 Å². The van der Waals surface area contributed by atoms with Crippen LogP contribution in [-0.2, 0) is 18.3 Å². The van der Waals surface area contributed by atoms with Crippen molar-refractivity contribution in [3.63, 3.8) is 0 Å². The number of aromatic nitrogens is 3. The molecular weight excluding hydrogens is 232 g/mol. The maximum atomic E-state index is 11.4. The zero-order chi connectivity index (χ0) is 13.0. The average molecular weight is 246 g/mol. The Hall–Kier alpha value is -2.37. The molecule has 0 spiro atoms. The van der Waals surface area contributed by atoms with Crippen LogP contribution < -0.4 is 5.32 Å². The van der Waals surface area contributed by atoms with Gasteiger partial charge in [-0.05, 0) is 18.2 Å². The summed E-state index contributed by atoms with van der Waals surface area (Å²) in [6.07, 6.45) is 3.30. The molecule has 94 valence electrons. The minimum absolute atomic E-state index is 0.374. The zero-order valence-corrected chi connectivity index (χ0v) is 10.3. The number of aryl methyl sites for hydroxylation is 1. The van der Waals surface area contributed by atoms with Gasteiger partial charge < -0.3 is 10.1 Å². The molecule has 2 aromatic rings. The largest absolute Gasteiger partial charge is 0.465 e. The quantitative estimate of drug-likeness (QED) is 0.821. The van der Waals surface area contributed by atoms with Gasteiger partial charge in [-0.1, -0.05) is 0 Å². The molecule has 0 atom stereocenters. The van der Waals surface area contributed by atoms with E-state index in [1.165, 1.54) is 7.11 Å². The van der Waals surface area contributed by atoms with Crippen molar-refractivity contribution < 1.29 is 9.53 Å². The smallest absolute Gasteiger partial charge is 0.338 e. The summed E-state index contributed by atoms with van der Waals surface area (Å²) in [5.41, 5.74) is 1.50. The van der Waals surface area contributed by atoms with Gasteiger partial charge in [-0.25, -0.2) is 9.78 Å². The van der Waals surface area contributed by atoms with Gasteiger partial charge in [0.15, 0.2) is 0 Å². The van der Waals surface area contributed by atoms with E-state index in [-0.39, 0.29) is 5.97 Å². The Labute approximate surface area is 105 Å². The molecule has 0 aliphatic rings. The van der Waals surface area contributed by atoms with Gasteiger partial charge >= 0.3 is 5.97 Å². The van der Waals surface area contributed by atoms with E-state index in [4.69, 9.17) is 0 Å². The van der Waals surface area contributed by atoms with Crippen LogP contribution in [0.3, 0.4) is 0 Å². The standard InChI is InChI=1S/C12H14N4O2/c1-16-10(4-6-15-16)8-14-11-7-9(3-5-13-11)12(17)18-2/h3-7H,8H2,1-2H3,(H,13,14). The summed E-state index contributed by atoms with van der Waals surface area (Å²) in [5, 5.41) is 7.20. The maximum Gasteiger partial charge on any atom is 0.338 e. The van der Waals surface area contributed by atoms with Gasteiger partial charge in [-0.2, -0.15) is 5.10 Å². The lowest BCUT2D eigenvalue weighted by molar-refractivity contribution is 0.0600. The van der Waals surface area contributed by atoms with Crippen molar-refractivity contribution in [1.29, 1.82) is 0 Å². The SMILES string of the molecule is COC(=O)c1ccnc(NCc2ccnn2C)c1. The van der Waals surface area contributed by atoms with Gasteiger partial charge in [-0.15, -0.1) is 0 Å². The second-order valence-electron chi connectivity index (χ2n) is 3.72. The number of pyridine rings is 1. The molecule has 0 aromatic carbocycles. The molecule has 1 N–H and O–H groups in total. The summed E-state index contributed by atoms with van der Waals surface area (Å²) < 4.78 is 6.43. The highest BCUT2D eigenvalue weighted by atomic mass is 16.5. The van der Waals surface area contributed by atoms with E-state index >= 15 is 0 Å². The van der Waals surface area contributed by atoms with Crippen LogP contribution in [0.1, 0.15) is 16.1 Å². The summed E-state index contributed by atoms with van der Waals surface area (Å²) >= 11 is 0. The van der Waals surface area contributed by atoms with Crippen molar-refractivity contribution >= 4 is 11.8 Å². The molecule has 0 amide bonds. The number of anilines is 1. The van der Waals surface area contributed by atoms with Crippen molar-refractivity contribution in [2.75, 3.05) is 12.4 Å². The lowest BCUT2D eigenvalue weighted by Crippen LogP contribution is -2.08. The highest BCUT2D eigenvalue weighted by molar-refractivity contribution is 5.89. The normalized spacial score (nSPS) is 10.1. The van der Waals surface area contributed by atoms with Crippen LogP contribution in [0.5, 0.6) is 0 Å². The molecule has 0 unspecified atom stereocenters. The molecule has 0 saturated heterocycles. The van der Waals surface area contributed by atoms with Crippen LogP contribution in [0.15, 0.2) is 30.6 Å². The lowest BCUT2D eigenvalue weighted by atomic mass is 10.2. The molecular formula is C12H14N4O2. The number of rotatable bonds is 4. The highest BCUT2D eigenvalue weighted by Gasteiger charge is 2.06. The van der Waals surface area contributed by atoms with Gasteiger partial charge in [0.05, 0.1) is 24.9 Å². The third-order valence-electron chi connectivity index (χ3n) is 2.55. The highest BCUT2D eigenvalue weighted by Crippen LogP contribution is 2.09. The molecule has 18 heavy (non-hydrogen) atoms. The second-order valence-corrected chi connectivity index (χ2v) is 3.72. The molecule has 0 bridgehead atoms. The van der Waals surface area contributed by atoms with E-state index in [1.807, 2.05) is 13.1 Å². The van der Waals surface area contributed by atoms with E-state index in [1.54, 1.807) is 29.2 Å². The van der Waals surface area contributed by atoms with Crippen LogP contribution in [0.25, 0.3) is 0 Å². The monoisotopic (exact) mass is 246 g/mol. The zero-order valence-electron chi connectivity index (χ0n) is 10.3. The second kappa shape index (κ2) is 5.31. The predicted octanol–water partition coefficient (Wildman–Crippen LogP) is 1.21. The Kier molecular flexibility index (Phi) is 3.57. The van der Waals surface area contributed by atoms with Crippen LogP contribution in [0.2, 0.25) is 0 Å². The fourth-order valence-corrected chi connectivity index (χ4v) is 1.53. The van der Waals surface area contributed by atoms with Crippen LogP contribution in [0, 0.1) is 0 Å². The third-order valence-corrected chi connectivity index (χ3v) is 2.55. The number of nitrogens with zero attached hydrogens (tertiary/aromatic N) is 3. The lowest BCUT2D eigenvalue weighted by Gasteiger charge is -2.07. The first-order valence-electron chi connectivity index (χ1n) is 5.46. The number of carbonyl (C=O) groups is 1. The Balaban J connectivity index is 2.06. The minimum atomic E-state index is -0.374. The van der Waals surface area contributed by atoms with E-state index < -0.39 is 0 Å². The van der Waals surface area contributed by atoms with Crippen LogP contribution >= 0.6 is 0 Å². The molecule has 6 nitrogen and oxygen atoms in total. The Morgan fingerprint density at radius 1 is 1.44 bits per heavy atom. The Morgan fingerprint density at radius 2 is 2.28 bits per heavy atom. The topological polar surface area (TPSA) is 69.0 Å². The van der Waals surface area contributed by atoms with Crippen molar-refractivity contribution in [3.8, 4) is 0 Å². The molecule has 6 heteroatoms.